The Morgan fingerprint density at radius 1 is 1.14 bits per heavy atom. The third-order valence-electron chi connectivity index (χ3n) is 4.41. The summed E-state index contributed by atoms with van der Waals surface area (Å²) in [5.74, 6) is -0.476. The lowest BCUT2D eigenvalue weighted by Crippen LogP contribution is -2.52. The van der Waals surface area contributed by atoms with Gasteiger partial charge in [-0.15, -0.1) is 0 Å². The molecule has 2 rings (SSSR count). The van der Waals surface area contributed by atoms with Gasteiger partial charge in [0, 0.05) is 38.1 Å². The maximum absolute atomic E-state index is 12.5. The highest BCUT2D eigenvalue weighted by Gasteiger charge is 2.26. The Kier molecular flexibility index (Phi) is 8.16. The van der Waals surface area contributed by atoms with Gasteiger partial charge in [-0.25, -0.2) is 8.42 Å². The van der Waals surface area contributed by atoms with Crippen molar-refractivity contribution < 1.29 is 18.0 Å². The third-order valence-corrected chi connectivity index (χ3v) is 5.98. The molecule has 154 valence electrons. The zero-order chi connectivity index (χ0) is 20.6. The predicted molar refractivity (Wildman–Crippen MR) is 109 cm³/mol. The molecule has 1 aliphatic heterocycles. The Labute approximate surface area is 166 Å². The first-order chi connectivity index (χ1) is 13.3. The number of carbonyl (C=O) groups is 2. The van der Waals surface area contributed by atoms with Gasteiger partial charge in [-0.3, -0.25) is 14.5 Å². The summed E-state index contributed by atoms with van der Waals surface area (Å²) in [6.07, 6.45) is 1.58. The number of carbonyl (C=O) groups excluding carboxylic acids is 2. The molecule has 2 N–H and O–H groups in total. The number of likely N-dealkylation sites (N-methyl/N-ethyl adjacent to an activating group) is 1. The average Bonchev–Trinajstić information content (AvgIpc) is 2.68. The largest absolute Gasteiger partial charge is 0.355 e. The Bertz CT molecular complexity index is 787. The van der Waals surface area contributed by atoms with Gasteiger partial charge < -0.3 is 10.6 Å². The van der Waals surface area contributed by atoms with Gasteiger partial charge in [-0.05, 0) is 25.5 Å². The SMILES string of the molecule is CCNC(=O)[C@H](C)NC(=O)CN1CCN(S(=O)(=O)/C=C/c2ccccc2)CC1. The molecule has 0 unspecified atom stereocenters. The van der Waals surface area contributed by atoms with Crippen LogP contribution in [0.5, 0.6) is 0 Å². The number of hydrogen-bond acceptors (Lipinski definition) is 5. The minimum atomic E-state index is -3.50. The average molecular weight is 409 g/mol. The van der Waals surface area contributed by atoms with Crippen LogP contribution in [-0.2, 0) is 19.6 Å². The van der Waals surface area contributed by atoms with Crippen LogP contribution in [0.1, 0.15) is 19.4 Å². The van der Waals surface area contributed by atoms with Crippen LogP contribution in [0.25, 0.3) is 6.08 Å². The zero-order valence-electron chi connectivity index (χ0n) is 16.3. The number of rotatable bonds is 8. The number of benzene rings is 1. The maximum Gasteiger partial charge on any atom is 0.242 e. The van der Waals surface area contributed by atoms with E-state index in [-0.39, 0.29) is 18.4 Å². The van der Waals surface area contributed by atoms with E-state index in [0.29, 0.717) is 32.7 Å². The van der Waals surface area contributed by atoms with Crippen molar-refractivity contribution in [3.63, 3.8) is 0 Å². The molecule has 0 bridgehead atoms. The van der Waals surface area contributed by atoms with Crippen molar-refractivity contribution in [2.45, 2.75) is 19.9 Å². The van der Waals surface area contributed by atoms with Gasteiger partial charge in [0.25, 0.3) is 0 Å². The molecule has 0 aliphatic carbocycles. The maximum atomic E-state index is 12.5. The van der Waals surface area contributed by atoms with Crippen LogP contribution in [0.3, 0.4) is 0 Å². The molecule has 1 aliphatic rings. The highest BCUT2D eigenvalue weighted by Crippen LogP contribution is 2.11. The van der Waals surface area contributed by atoms with Crippen molar-refractivity contribution in [2.24, 2.45) is 0 Å². The summed E-state index contributed by atoms with van der Waals surface area (Å²) >= 11 is 0. The lowest BCUT2D eigenvalue weighted by Gasteiger charge is -2.33. The minimum Gasteiger partial charge on any atom is -0.355 e. The highest BCUT2D eigenvalue weighted by atomic mass is 32.2. The van der Waals surface area contributed by atoms with Gasteiger partial charge in [0.1, 0.15) is 6.04 Å². The van der Waals surface area contributed by atoms with Gasteiger partial charge in [0.15, 0.2) is 0 Å². The first-order valence-corrected chi connectivity index (χ1v) is 10.8. The number of sulfonamides is 1. The van der Waals surface area contributed by atoms with Crippen LogP contribution in [0, 0.1) is 0 Å². The highest BCUT2D eigenvalue weighted by molar-refractivity contribution is 7.92. The fourth-order valence-corrected chi connectivity index (χ4v) is 4.01. The first-order valence-electron chi connectivity index (χ1n) is 9.34. The Balaban J connectivity index is 1.81. The van der Waals surface area contributed by atoms with E-state index < -0.39 is 16.1 Å². The first kappa shape index (κ1) is 22.1. The van der Waals surface area contributed by atoms with E-state index >= 15 is 0 Å². The van der Waals surface area contributed by atoms with Crippen LogP contribution in [0.4, 0.5) is 0 Å². The van der Waals surface area contributed by atoms with E-state index in [1.807, 2.05) is 42.2 Å². The molecule has 1 aromatic carbocycles. The number of amides is 2. The van der Waals surface area contributed by atoms with Crippen molar-refractivity contribution in [1.29, 1.82) is 0 Å². The summed E-state index contributed by atoms with van der Waals surface area (Å²) < 4.78 is 26.3. The molecule has 1 aromatic rings. The molecule has 28 heavy (non-hydrogen) atoms. The van der Waals surface area contributed by atoms with Crippen molar-refractivity contribution in [3.8, 4) is 0 Å². The van der Waals surface area contributed by atoms with Crippen molar-refractivity contribution in [3.05, 3.63) is 41.3 Å². The van der Waals surface area contributed by atoms with Crippen LogP contribution < -0.4 is 10.6 Å². The summed E-state index contributed by atoms with van der Waals surface area (Å²) in [4.78, 5) is 25.6. The van der Waals surface area contributed by atoms with Crippen molar-refractivity contribution >= 4 is 27.9 Å². The standard InChI is InChI=1S/C19H28N4O4S/c1-3-20-19(25)16(2)21-18(24)15-22-10-12-23(13-11-22)28(26,27)14-9-17-7-5-4-6-8-17/h4-9,14,16H,3,10-13,15H2,1-2H3,(H,20,25)(H,21,24)/b14-9+/t16-/m0/s1. The van der Waals surface area contributed by atoms with Crippen molar-refractivity contribution in [2.75, 3.05) is 39.3 Å². The summed E-state index contributed by atoms with van der Waals surface area (Å²) in [5, 5.41) is 6.53. The number of nitrogens with zero attached hydrogens (tertiary/aromatic N) is 2. The Morgan fingerprint density at radius 2 is 1.79 bits per heavy atom. The lowest BCUT2D eigenvalue weighted by molar-refractivity contribution is -0.129. The van der Waals surface area contributed by atoms with Crippen LogP contribution in [0.2, 0.25) is 0 Å². The van der Waals surface area contributed by atoms with E-state index in [1.54, 1.807) is 13.0 Å². The number of nitrogens with one attached hydrogen (secondary N) is 2. The van der Waals surface area contributed by atoms with Crippen molar-refractivity contribution in [1.82, 2.24) is 19.8 Å². The quantitative estimate of drug-likeness (QED) is 0.642. The van der Waals surface area contributed by atoms with E-state index in [4.69, 9.17) is 0 Å². The summed E-state index contributed by atoms with van der Waals surface area (Å²) in [6.45, 7) is 5.65. The van der Waals surface area contributed by atoms with E-state index in [9.17, 15) is 18.0 Å². The van der Waals surface area contributed by atoms with Gasteiger partial charge in [0.05, 0.1) is 6.54 Å². The molecule has 9 heteroatoms. The van der Waals surface area contributed by atoms with Crippen LogP contribution in [0.15, 0.2) is 35.7 Å². The van der Waals surface area contributed by atoms with E-state index in [2.05, 4.69) is 10.6 Å². The Hall–Kier alpha value is -2.23. The molecule has 0 radical (unpaired) electrons. The summed E-state index contributed by atoms with van der Waals surface area (Å²) in [7, 11) is -3.50. The molecule has 1 heterocycles. The monoisotopic (exact) mass is 408 g/mol. The molecular weight excluding hydrogens is 380 g/mol. The zero-order valence-corrected chi connectivity index (χ0v) is 17.1. The molecule has 0 spiro atoms. The lowest BCUT2D eigenvalue weighted by atomic mass is 10.2. The normalized spacial score (nSPS) is 17.4. The molecule has 1 atom stereocenters. The second-order valence-electron chi connectivity index (χ2n) is 6.62. The molecule has 0 saturated carbocycles. The molecule has 1 saturated heterocycles. The fraction of sp³-hybridized carbons (Fsp3) is 0.474. The molecule has 8 nitrogen and oxygen atoms in total. The van der Waals surface area contributed by atoms with E-state index in [1.165, 1.54) is 9.71 Å². The summed E-state index contributed by atoms with van der Waals surface area (Å²) in [5.41, 5.74) is 0.822. The molecule has 2 amide bonds. The number of hydrogen-bond donors (Lipinski definition) is 2. The van der Waals surface area contributed by atoms with E-state index in [0.717, 1.165) is 5.56 Å². The second-order valence-corrected chi connectivity index (χ2v) is 8.44. The molecule has 0 aromatic heterocycles. The smallest absolute Gasteiger partial charge is 0.242 e. The second kappa shape index (κ2) is 10.4. The van der Waals surface area contributed by atoms with Gasteiger partial charge in [-0.2, -0.15) is 4.31 Å². The van der Waals surface area contributed by atoms with Crippen LogP contribution in [-0.4, -0.2) is 74.7 Å². The predicted octanol–water partition coefficient (Wildman–Crippen LogP) is 0.246. The minimum absolute atomic E-state index is 0.136. The number of piperazine rings is 1. The topological polar surface area (TPSA) is 98.8 Å². The van der Waals surface area contributed by atoms with Gasteiger partial charge in [0.2, 0.25) is 21.8 Å². The third kappa shape index (κ3) is 6.74. The Morgan fingerprint density at radius 3 is 2.39 bits per heavy atom. The molecular formula is C19H28N4O4S. The van der Waals surface area contributed by atoms with Gasteiger partial charge in [-0.1, -0.05) is 30.3 Å². The molecule has 1 fully saturated rings. The summed E-state index contributed by atoms with van der Waals surface area (Å²) in [6, 6.07) is 8.65. The van der Waals surface area contributed by atoms with Crippen LogP contribution >= 0.6 is 0 Å². The fourth-order valence-electron chi connectivity index (χ4n) is 2.84. The van der Waals surface area contributed by atoms with Gasteiger partial charge >= 0.3 is 0 Å².